The number of fused-ring (bicyclic) bond motifs is 1. The Morgan fingerprint density at radius 2 is 2.33 bits per heavy atom. The van der Waals surface area contributed by atoms with Crippen LogP contribution in [0.1, 0.15) is 38.1 Å². The van der Waals surface area contributed by atoms with E-state index in [0.29, 0.717) is 12.0 Å². The maximum Gasteiger partial charge on any atom is 0.160 e. The first-order chi connectivity index (χ1) is 8.83. The third-order valence-electron chi connectivity index (χ3n) is 3.82. The SMILES string of the molecule is CCC(CN)Cc1nc2cccnc2n1C1CC1. The summed E-state index contributed by atoms with van der Waals surface area (Å²) in [5.41, 5.74) is 7.88. The number of rotatable bonds is 5. The predicted octanol–water partition coefficient (Wildman–Crippen LogP) is 2.29. The lowest BCUT2D eigenvalue weighted by molar-refractivity contribution is 0.492. The first-order valence-electron chi connectivity index (χ1n) is 6.85. The Hall–Kier alpha value is -1.42. The van der Waals surface area contributed by atoms with Crippen LogP contribution < -0.4 is 5.73 Å². The van der Waals surface area contributed by atoms with E-state index in [1.807, 2.05) is 18.3 Å². The van der Waals surface area contributed by atoms with Crippen molar-refractivity contribution < 1.29 is 0 Å². The molecule has 1 fully saturated rings. The summed E-state index contributed by atoms with van der Waals surface area (Å²) in [6.45, 7) is 2.93. The molecule has 1 saturated carbocycles. The fourth-order valence-electron chi connectivity index (χ4n) is 2.49. The fourth-order valence-corrected chi connectivity index (χ4v) is 2.49. The summed E-state index contributed by atoms with van der Waals surface area (Å²) in [5, 5.41) is 0. The van der Waals surface area contributed by atoms with Crippen molar-refractivity contribution in [2.75, 3.05) is 6.54 Å². The monoisotopic (exact) mass is 244 g/mol. The van der Waals surface area contributed by atoms with Crippen molar-refractivity contribution >= 4 is 11.2 Å². The first kappa shape index (κ1) is 11.7. The molecule has 2 N–H and O–H groups in total. The molecule has 0 saturated heterocycles. The van der Waals surface area contributed by atoms with Gasteiger partial charge in [-0.25, -0.2) is 9.97 Å². The molecule has 0 aliphatic heterocycles. The number of nitrogens with zero attached hydrogens (tertiary/aromatic N) is 3. The van der Waals surface area contributed by atoms with E-state index in [-0.39, 0.29) is 0 Å². The average molecular weight is 244 g/mol. The minimum absolute atomic E-state index is 0.527. The normalized spacial score (nSPS) is 17.2. The lowest BCUT2D eigenvalue weighted by Crippen LogP contribution is -2.18. The Bertz CT molecular complexity index is 538. The molecule has 4 nitrogen and oxygen atoms in total. The Balaban J connectivity index is 2.01. The summed E-state index contributed by atoms with van der Waals surface area (Å²) in [6.07, 6.45) is 6.45. The summed E-state index contributed by atoms with van der Waals surface area (Å²) in [5.74, 6) is 1.70. The highest BCUT2D eigenvalue weighted by Crippen LogP contribution is 2.38. The van der Waals surface area contributed by atoms with Crippen LogP contribution in [0.5, 0.6) is 0 Å². The Kier molecular flexibility index (Phi) is 3.04. The van der Waals surface area contributed by atoms with Gasteiger partial charge in [0.25, 0.3) is 0 Å². The standard InChI is InChI=1S/C14H20N4/c1-2-10(9-15)8-13-17-12-4-3-7-16-14(12)18(13)11-5-6-11/h3-4,7,10-11H,2,5-6,8-9,15H2,1H3. The van der Waals surface area contributed by atoms with Crippen LogP contribution in [-0.4, -0.2) is 21.1 Å². The fraction of sp³-hybridized carbons (Fsp3) is 0.571. The Morgan fingerprint density at radius 1 is 1.50 bits per heavy atom. The van der Waals surface area contributed by atoms with Gasteiger partial charge in [-0.15, -0.1) is 0 Å². The molecule has 1 aliphatic carbocycles. The third-order valence-corrected chi connectivity index (χ3v) is 3.82. The van der Waals surface area contributed by atoms with Crippen LogP contribution in [0.4, 0.5) is 0 Å². The van der Waals surface area contributed by atoms with Crippen molar-refractivity contribution in [3.8, 4) is 0 Å². The second kappa shape index (κ2) is 4.69. The number of pyridine rings is 1. The van der Waals surface area contributed by atoms with Crippen molar-refractivity contribution in [3.05, 3.63) is 24.2 Å². The van der Waals surface area contributed by atoms with Gasteiger partial charge in [0, 0.05) is 18.7 Å². The molecule has 1 aliphatic rings. The summed E-state index contributed by atoms with van der Waals surface area (Å²) < 4.78 is 2.34. The zero-order valence-electron chi connectivity index (χ0n) is 10.8. The van der Waals surface area contributed by atoms with Crippen LogP contribution in [0, 0.1) is 5.92 Å². The van der Waals surface area contributed by atoms with Crippen molar-refractivity contribution in [2.45, 2.75) is 38.6 Å². The van der Waals surface area contributed by atoms with E-state index < -0.39 is 0 Å². The summed E-state index contributed by atoms with van der Waals surface area (Å²) in [6, 6.07) is 4.63. The van der Waals surface area contributed by atoms with Crippen LogP contribution >= 0.6 is 0 Å². The second-order valence-corrected chi connectivity index (χ2v) is 5.19. The van der Waals surface area contributed by atoms with Crippen molar-refractivity contribution in [3.63, 3.8) is 0 Å². The van der Waals surface area contributed by atoms with E-state index in [2.05, 4.69) is 16.5 Å². The molecule has 18 heavy (non-hydrogen) atoms. The Labute approximate surface area is 107 Å². The van der Waals surface area contributed by atoms with E-state index in [9.17, 15) is 0 Å². The van der Waals surface area contributed by atoms with E-state index in [1.165, 1.54) is 18.7 Å². The number of imidazole rings is 1. The van der Waals surface area contributed by atoms with Crippen molar-refractivity contribution in [1.29, 1.82) is 0 Å². The molecule has 0 radical (unpaired) electrons. The summed E-state index contributed by atoms with van der Waals surface area (Å²) >= 11 is 0. The summed E-state index contributed by atoms with van der Waals surface area (Å²) in [4.78, 5) is 9.25. The number of nitrogens with two attached hydrogens (primary N) is 1. The molecular formula is C14H20N4. The van der Waals surface area contributed by atoms with Gasteiger partial charge < -0.3 is 10.3 Å². The van der Waals surface area contributed by atoms with Crippen LogP contribution in [0.3, 0.4) is 0 Å². The van der Waals surface area contributed by atoms with Crippen LogP contribution in [0.25, 0.3) is 11.2 Å². The smallest absolute Gasteiger partial charge is 0.160 e. The van der Waals surface area contributed by atoms with Crippen molar-refractivity contribution in [1.82, 2.24) is 14.5 Å². The molecule has 4 heteroatoms. The highest BCUT2D eigenvalue weighted by Gasteiger charge is 2.29. The molecule has 2 aromatic heterocycles. The van der Waals surface area contributed by atoms with Gasteiger partial charge in [0.05, 0.1) is 0 Å². The lowest BCUT2D eigenvalue weighted by atomic mass is 10.0. The largest absolute Gasteiger partial charge is 0.330 e. The molecule has 1 atom stereocenters. The average Bonchev–Trinajstić information content (AvgIpc) is 3.17. The number of hydrogen-bond acceptors (Lipinski definition) is 3. The highest BCUT2D eigenvalue weighted by atomic mass is 15.2. The van der Waals surface area contributed by atoms with Gasteiger partial charge in [-0.1, -0.05) is 13.3 Å². The highest BCUT2D eigenvalue weighted by molar-refractivity contribution is 5.71. The molecule has 0 amide bonds. The lowest BCUT2D eigenvalue weighted by Gasteiger charge is -2.13. The maximum atomic E-state index is 5.81. The first-order valence-corrected chi connectivity index (χ1v) is 6.85. The molecule has 2 aromatic rings. The predicted molar refractivity (Wildman–Crippen MR) is 72.3 cm³/mol. The van der Waals surface area contributed by atoms with Gasteiger partial charge in [0.15, 0.2) is 5.65 Å². The zero-order chi connectivity index (χ0) is 12.5. The van der Waals surface area contributed by atoms with E-state index in [1.54, 1.807) is 0 Å². The zero-order valence-corrected chi connectivity index (χ0v) is 10.8. The van der Waals surface area contributed by atoms with Gasteiger partial charge in [-0.2, -0.15) is 0 Å². The third kappa shape index (κ3) is 2.01. The number of aromatic nitrogens is 3. The Morgan fingerprint density at radius 3 is 3.00 bits per heavy atom. The van der Waals surface area contributed by atoms with E-state index in [4.69, 9.17) is 10.7 Å². The van der Waals surface area contributed by atoms with Gasteiger partial charge in [-0.3, -0.25) is 0 Å². The minimum Gasteiger partial charge on any atom is -0.330 e. The molecular weight excluding hydrogens is 224 g/mol. The molecule has 1 unspecified atom stereocenters. The number of hydrogen-bond donors (Lipinski definition) is 1. The molecule has 0 bridgehead atoms. The van der Waals surface area contributed by atoms with Crippen LogP contribution in [0.2, 0.25) is 0 Å². The van der Waals surface area contributed by atoms with Gasteiger partial charge in [0.2, 0.25) is 0 Å². The summed E-state index contributed by atoms with van der Waals surface area (Å²) in [7, 11) is 0. The molecule has 3 rings (SSSR count). The molecule has 96 valence electrons. The van der Waals surface area contributed by atoms with E-state index >= 15 is 0 Å². The quantitative estimate of drug-likeness (QED) is 0.878. The molecule has 0 spiro atoms. The van der Waals surface area contributed by atoms with Crippen LogP contribution in [-0.2, 0) is 6.42 Å². The molecule has 0 aromatic carbocycles. The van der Waals surface area contributed by atoms with Crippen LogP contribution in [0.15, 0.2) is 18.3 Å². The topological polar surface area (TPSA) is 56.7 Å². The van der Waals surface area contributed by atoms with Crippen molar-refractivity contribution in [2.24, 2.45) is 11.7 Å². The molecule has 2 heterocycles. The van der Waals surface area contributed by atoms with E-state index in [0.717, 1.165) is 30.6 Å². The van der Waals surface area contributed by atoms with Gasteiger partial charge >= 0.3 is 0 Å². The van der Waals surface area contributed by atoms with Gasteiger partial charge in [-0.05, 0) is 37.4 Å². The maximum absolute atomic E-state index is 5.81. The second-order valence-electron chi connectivity index (χ2n) is 5.19. The minimum atomic E-state index is 0.527. The van der Waals surface area contributed by atoms with Gasteiger partial charge in [0.1, 0.15) is 11.3 Å².